The van der Waals surface area contributed by atoms with Crippen molar-refractivity contribution in [3.8, 4) is 11.5 Å². The lowest BCUT2D eigenvalue weighted by molar-refractivity contribution is -0.118. The van der Waals surface area contributed by atoms with Crippen LogP contribution in [-0.2, 0) is 11.4 Å². The number of halogens is 1. The second-order valence-electron chi connectivity index (χ2n) is 7.68. The lowest BCUT2D eigenvalue weighted by Gasteiger charge is -2.22. The van der Waals surface area contributed by atoms with Gasteiger partial charge in [0.2, 0.25) is 5.91 Å². The summed E-state index contributed by atoms with van der Waals surface area (Å²) in [6, 6.07) is 13.4. The second-order valence-corrected chi connectivity index (χ2v) is 7.68. The van der Waals surface area contributed by atoms with Crippen LogP contribution in [0.2, 0.25) is 0 Å². The van der Waals surface area contributed by atoms with E-state index in [4.69, 9.17) is 9.47 Å². The van der Waals surface area contributed by atoms with Gasteiger partial charge in [0.25, 0.3) is 5.91 Å². The van der Waals surface area contributed by atoms with E-state index in [0.717, 1.165) is 5.56 Å². The Labute approximate surface area is 192 Å². The Hall–Kier alpha value is -3.94. The molecule has 0 saturated heterocycles. The van der Waals surface area contributed by atoms with Crippen LogP contribution < -0.4 is 20.1 Å². The molecule has 0 saturated carbocycles. The molecule has 8 heteroatoms. The first-order valence-electron chi connectivity index (χ1n) is 10.4. The number of benzene rings is 2. The molecule has 1 atom stereocenters. The van der Waals surface area contributed by atoms with E-state index in [1.165, 1.54) is 25.3 Å². The van der Waals surface area contributed by atoms with E-state index in [2.05, 4.69) is 15.6 Å². The highest BCUT2D eigenvalue weighted by atomic mass is 19.1. The molecule has 33 heavy (non-hydrogen) atoms. The van der Waals surface area contributed by atoms with Gasteiger partial charge in [0.15, 0.2) is 11.5 Å². The fourth-order valence-electron chi connectivity index (χ4n) is 3.13. The van der Waals surface area contributed by atoms with Gasteiger partial charge in [-0.2, -0.15) is 0 Å². The Morgan fingerprint density at radius 3 is 2.52 bits per heavy atom. The molecule has 0 aliphatic rings. The van der Waals surface area contributed by atoms with Gasteiger partial charge in [-0.15, -0.1) is 0 Å². The Bertz CT molecular complexity index is 1110. The second kappa shape index (κ2) is 11.1. The van der Waals surface area contributed by atoms with Gasteiger partial charge in [0, 0.05) is 29.7 Å². The van der Waals surface area contributed by atoms with Crippen LogP contribution in [0.4, 0.5) is 10.1 Å². The number of carbonyl (C=O) groups excluding carboxylic acids is 2. The maximum absolute atomic E-state index is 14.0. The van der Waals surface area contributed by atoms with E-state index in [0.29, 0.717) is 17.2 Å². The Morgan fingerprint density at radius 1 is 1.06 bits per heavy atom. The van der Waals surface area contributed by atoms with Crippen molar-refractivity contribution in [3.05, 3.63) is 83.9 Å². The van der Waals surface area contributed by atoms with Crippen LogP contribution >= 0.6 is 0 Å². The van der Waals surface area contributed by atoms with Crippen LogP contribution in [0.3, 0.4) is 0 Å². The number of nitrogens with zero attached hydrogens (tertiary/aromatic N) is 1. The van der Waals surface area contributed by atoms with Crippen LogP contribution in [0.5, 0.6) is 11.5 Å². The largest absolute Gasteiger partial charge is 0.493 e. The maximum Gasteiger partial charge on any atom is 0.254 e. The fourth-order valence-corrected chi connectivity index (χ4v) is 3.13. The predicted octanol–water partition coefficient (Wildman–Crippen LogP) is 4.20. The number of amides is 2. The first-order chi connectivity index (χ1) is 15.9. The van der Waals surface area contributed by atoms with Gasteiger partial charge in [-0.05, 0) is 36.2 Å². The first kappa shape index (κ1) is 23.7. The molecule has 1 heterocycles. The SMILES string of the molecule is COc1ccc(NC(=O)C(NC(=O)c2ccccc2F)C(C)C)cc1OCc1cccnc1. The number of methoxy groups -OCH3 is 1. The fraction of sp³-hybridized carbons (Fsp3) is 0.240. The normalized spacial score (nSPS) is 11.5. The minimum absolute atomic E-state index is 0.119. The Kier molecular flexibility index (Phi) is 7.96. The van der Waals surface area contributed by atoms with E-state index in [1.54, 1.807) is 50.5 Å². The van der Waals surface area contributed by atoms with Gasteiger partial charge in [-0.25, -0.2) is 4.39 Å². The zero-order valence-corrected chi connectivity index (χ0v) is 18.7. The third kappa shape index (κ3) is 6.29. The van der Waals surface area contributed by atoms with Crippen LogP contribution in [0.15, 0.2) is 67.0 Å². The number of anilines is 1. The minimum atomic E-state index is -0.876. The highest BCUT2D eigenvalue weighted by molar-refractivity contribution is 6.01. The molecule has 2 aromatic carbocycles. The predicted molar refractivity (Wildman–Crippen MR) is 123 cm³/mol. The monoisotopic (exact) mass is 451 g/mol. The Balaban J connectivity index is 1.72. The summed E-state index contributed by atoms with van der Waals surface area (Å²) < 4.78 is 25.2. The van der Waals surface area contributed by atoms with Crippen LogP contribution in [0.1, 0.15) is 29.8 Å². The molecule has 3 rings (SSSR count). The van der Waals surface area contributed by atoms with E-state index < -0.39 is 23.7 Å². The first-order valence-corrected chi connectivity index (χ1v) is 10.4. The summed E-state index contributed by atoms with van der Waals surface area (Å²) in [6.45, 7) is 3.86. The molecule has 7 nitrogen and oxygen atoms in total. The zero-order chi connectivity index (χ0) is 23.8. The van der Waals surface area contributed by atoms with Crippen molar-refractivity contribution in [1.29, 1.82) is 0 Å². The number of hydrogen-bond acceptors (Lipinski definition) is 5. The molecule has 2 amide bonds. The number of carbonyl (C=O) groups is 2. The third-order valence-electron chi connectivity index (χ3n) is 4.90. The smallest absolute Gasteiger partial charge is 0.254 e. The molecule has 0 aliphatic carbocycles. The van der Waals surface area contributed by atoms with Crippen LogP contribution in [0.25, 0.3) is 0 Å². The lowest BCUT2D eigenvalue weighted by Crippen LogP contribution is -2.47. The van der Waals surface area contributed by atoms with Gasteiger partial charge >= 0.3 is 0 Å². The summed E-state index contributed by atoms with van der Waals surface area (Å²) in [5.41, 5.74) is 1.23. The standard InChI is InChI=1S/C25H26FN3O4/c1-16(2)23(29-24(30)19-8-4-5-9-20(19)26)25(31)28-18-10-11-21(32-3)22(13-18)33-15-17-7-6-12-27-14-17/h4-14,16,23H,15H2,1-3H3,(H,28,31)(H,29,30). The summed E-state index contributed by atoms with van der Waals surface area (Å²) >= 11 is 0. The number of ether oxygens (including phenoxy) is 2. The van der Waals surface area contributed by atoms with Gasteiger partial charge in [-0.1, -0.05) is 32.0 Å². The van der Waals surface area contributed by atoms with E-state index in [9.17, 15) is 14.0 Å². The van der Waals surface area contributed by atoms with Crippen molar-refractivity contribution >= 4 is 17.5 Å². The average Bonchev–Trinajstić information content (AvgIpc) is 2.81. The molecule has 1 unspecified atom stereocenters. The molecule has 172 valence electrons. The van der Waals surface area contributed by atoms with Gasteiger partial charge < -0.3 is 20.1 Å². The van der Waals surface area contributed by atoms with E-state index >= 15 is 0 Å². The number of nitrogens with one attached hydrogen (secondary N) is 2. The molecule has 0 spiro atoms. The molecule has 2 N–H and O–H groups in total. The number of hydrogen-bond donors (Lipinski definition) is 2. The maximum atomic E-state index is 14.0. The van der Waals surface area contributed by atoms with Crippen molar-refractivity contribution in [2.45, 2.75) is 26.5 Å². The number of pyridine rings is 1. The summed E-state index contributed by atoms with van der Waals surface area (Å²) in [5, 5.41) is 5.41. The van der Waals surface area contributed by atoms with Gasteiger partial charge in [-0.3, -0.25) is 14.6 Å². The van der Waals surface area contributed by atoms with E-state index in [1.807, 2.05) is 12.1 Å². The number of rotatable bonds is 9. The molecule has 0 radical (unpaired) electrons. The summed E-state index contributed by atoms with van der Waals surface area (Å²) in [7, 11) is 1.53. The molecular weight excluding hydrogens is 425 g/mol. The van der Waals surface area contributed by atoms with Crippen molar-refractivity contribution in [2.75, 3.05) is 12.4 Å². The van der Waals surface area contributed by atoms with Crippen molar-refractivity contribution in [1.82, 2.24) is 10.3 Å². The highest BCUT2D eigenvalue weighted by Crippen LogP contribution is 2.31. The Morgan fingerprint density at radius 2 is 1.85 bits per heavy atom. The summed E-state index contributed by atoms with van der Waals surface area (Å²) in [4.78, 5) is 29.5. The van der Waals surface area contributed by atoms with Gasteiger partial charge in [0.05, 0.1) is 12.7 Å². The topological polar surface area (TPSA) is 89.6 Å². The number of aromatic nitrogens is 1. The van der Waals surface area contributed by atoms with Crippen molar-refractivity contribution < 1.29 is 23.5 Å². The summed E-state index contributed by atoms with van der Waals surface area (Å²) in [6.07, 6.45) is 3.37. The molecule has 0 fully saturated rings. The van der Waals surface area contributed by atoms with Crippen LogP contribution in [0, 0.1) is 11.7 Å². The quantitative estimate of drug-likeness (QED) is 0.509. The molecular formula is C25H26FN3O4. The third-order valence-corrected chi connectivity index (χ3v) is 4.90. The molecule has 3 aromatic rings. The summed E-state index contributed by atoms with van der Waals surface area (Å²) in [5.74, 6) is -1.03. The zero-order valence-electron chi connectivity index (χ0n) is 18.7. The highest BCUT2D eigenvalue weighted by Gasteiger charge is 2.26. The molecule has 0 bridgehead atoms. The molecule has 1 aromatic heterocycles. The van der Waals surface area contributed by atoms with E-state index in [-0.39, 0.29) is 18.1 Å². The van der Waals surface area contributed by atoms with Gasteiger partial charge in [0.1, 0.15) is 18.5 Å². The lowest BCUT2D eigenvalue weighted by atomic mass is 10.0. The van der Waals surface area contributed by atoms with Crippen LogP contribution in [-0.4, -0.2) is 29.9 Å². The van der Waals surface area contributed by atoms with Crippen molar-refractivity contribution in [2.24, 2.45) is 5.92 Å². The minimum Gasteiger partial charge on any atom is -0.493 e. The molecule has 0 aliphatic heterocycles. The average molecular weight is 451 g/mol. The van der Waals surface area contributed by atoms with Crippen molar-refractivity contribution in [3.63, 3.8) is 0 Å².